The van der Waals surface area contributed by atoms with E-state index in [0.717, 1.165) is 21.9 Å². The van der Waals surface area contributed by atoms with Crippen LogP contribution in [0.1, 0.15) is 41.0 Å². The number of benzene rings is 1. The standard InChI is InChI=1S/C16H18Br3NS/c1-4-5-20-15(14-7-10(3)16(19)21-14)11-8-12(17)9(2)6-13(11)18/h6-8,15,20H,4-5H2,1-3H3. The van der Waals surface area contributed by atoms with E-state index in [1.807, 2.05) is 0 Å². The molecule has 0 saturated heterocycles. The van der Waals surface area contributed by atoms with Gasteiger partial charge in [0.05, 0.1) is 9.83 Å². The first kappa shape index (κ1) is 17.7. The van der Waals surface area contributed by atoms with Crippen LogP contribution in [0.2, 0.25) is 0 Å². The molecule has 0 amide bonds. The van der Waals surface area contributed by atoms with E-state index in [1.54, 1.807) is 11.3 Å². The largest absolute Gasteiger partial charge is 0.306 e. The fourth-order valence-corrected chi connectivity index (χ4v) is 4.87. The lowest BCUT2D eigenvalue weighted by atomic mass is 10.0. The summed E-state index contributed by atoms with van der Waals surface area (Å²) in [6.45, 7) is 7.44. The van der Waals surface area contributed by atoms with Crippen molar-refractivity contribution < 1.29 is 0 Å². The van der Waals surface area contributed by atoms with Gasteiger partial charge < -0.3 is 5.32 Å². The first-order chi connectivity index (χ1) is 9.93. The molecule has 2 rings (SSSR count). The highest BCUT2D eigenvalue weighted by Gasteiger charge is 2.20. The van der Waals surface area contributed by atoms with E-state index >= 15 is 0 Å². The predicted octanol–water partition coefficient (Wildman–Crippen LogP) is 6.74. The molecule has 5 heteroatoms. The molecule has 2 aromatic rings. The summed E-state index contributed by atoms with van der Waals surface area (Å²) in [6, 6.07) is 6.87. The first-order valence-electron chi connectivity index (χ1n) is 6.88. The van der Waals surface area contributed by atoms with Gasteiger partial charge in [-0.1, -0.05) is 38.8 Å². The average molecular weight is 496 g/mol. The second-order valence-electron chi connectivity index (χ2n) is 5.12. The minimum Gasteiger partial charge on any atom is -0.306 e. The van der Waals surface area contributed by atoms with Crippen LogP contribution >= 0.6 is 59.1 Å². The lowest BCUT2D eigenvalue weighted by Crippen LogP contribution is -2.22. The summed E-state index contributed by atoms with van der Waals surface area (Å²) in [6.07, 6.45) is 1.12. The van der Waals surface area contributed by atoms with Crippen LogP contribution in [0, 0.1) is 13.8 Å². The molecular formula is C16H18Br3NS. The molecule has 1 N–H and O–H groups in total. The Labute approximate surface area is 155 Å². The van der Waals surface area contributed by atoms with E-state index in [1.165, 1.54) is 25.4 Å². The van der Waals surface area contributed by atoms with Gasteiger partial charge >= 0.3 is 0 Å². The molecule has 1 atom stereocenters. The number of halogens is 3. The molecule has 0 aliphatic carbocycles. The molecule has 0 saturated carbocycles. The van der Waals surface area contributed by atoms with E-state index in [2.05, 4.69) is 92.1 Å². The number of hydrogen-bond donors (Lipinski definition) is 1. The van der Waals surface area contributed by atoms with Gasteiger partial charge in [-0.25, -0.2) is 0 Å². The maximum absolute atomic E-state index is 3.73. The summed E-state index contributed by atoms with van der Waals surface area (Å²) in [5, 5.41) is 3.67. The maximum atomic E-state index is 3.73. The van der Waals surface area contributed by atoms with Crippen molar-refractivity contribution in [2.75, 3.05) is 6.54 Å². The third-order valence-electron chi connectivity index (χ3n) is 3.35. The first-order valence-corrected chi connectivity index (χ1v) is 10.1. The molecule has 0 aliphatic rings. The molecule has 21 heavy (non-hydrogen) atoms. The Hall–Kier alpha value is 0.320. The van der Waals surface area contributed by atoms with E-state index in [4.69, 9.17) is 0 Å². The van der Waals surface area contributed by atoms with E-state index in [9.17, 15) is 0 Å². The number of rotatable bonds is 5. The molecule has 0 radical (unpaired) electrons. The van der Waals surface area contributed by atoms with Crippen molar-refractivity contribution in [1.29, 1.82) is 0 Å². The molecule has 1 aromatic heterocycles. The van der Waals surface area contributed by atoms with Crippen LogP contribution in [0.5, 0.6) is 0 Å². The quantitative estimate of drug-likeness (QED) is 0.484. The third kappa shape index (κ3) is 4.20. The Morgan fingerprint density at radius 3 is 2.33 bits per heavy atom. The Kier molecular flexibility index (Phi) is 6.51. The van der Waals surface area contributed by atoms with Crippen LogP contribution < -0.4 is 5.32 Å². The van der Waals surface area contributed by atoms with Crippen LogP contribution in [-0.2, 0) is 0 Å². The van der Waals surface area contributed by atoms with Crippen molar-refractivity contribution in [3.05, 3.63) is 52.5 Å². The van der Waals surface area contributed by atoms with Gasteiger partial charge in [-0.3, -0.25) is 0 Å². The fraction of sp³-hybridized carbons (Fsp3) is 0.375. The topological polar surface area (TPSA) is 12.0 Å². The molecule has 1 heterocycles. The van der Waals surface area contributed by atoms with E-state index in [-0.39, 0.29) is 6.04 Å². The molecule has 114 valence electrons. The fourth-order valence-electron chi connectivity index (χ4n) is 2.16. The predicted molar refractivity (Wildman–Crippen MR) is 103 cm³/mol. The van der Waals surface area contributed by atoms with Crippen molar-refractivity contribution in [2.45, 2.75) is 33.2 Å². The Morgan fingerprint density at radius 1 is 1.05 bits per heavy atom. The van der Waals surface area contributed by atoms with Crippen LogP contribution in [0.15, 0.2) is 30.9 Å². The molecule has 0 bridgehead atoms. The maximum Gasteiger partial charge on any atom is 0.0731 e. The normalized spacial score (nSPS) is 12.7. The lowest BCUT2D eigenvalue weighted by molar-refractivity contribution is 0.603. The minimum absolute atomic E-state index is 0.214. The molecule has 0 aliphatic heterocycles. The summed E-state index contributed by atoms with van der Waals surface area (Å²) in [5.74, 6) is 0. The average Bonchev–Trinajstić information content (AvgIpc) is 2.75. The summed E-state index contributed by atoms with van der Waals surface area (Å²) < 4.78 is 3.51. The molecule has 0 fully saturated rings. The number of hydrogen-bond acceptors (Lipinski definition) is 2. The van der Waals surface area contributed by atoms with Gasteiger partial charge in [0.1, 0.15) is 0 Å². The monoisotopic (exact) mass is 493 g/mol. The van der Waals surface area contributed by atoms with Crippen molar-refractivity contribution in [3.8, 4) is 0 Å². The second-order valence-corrected chi connectivity index (χ2v) is 9.23. The lowest BCUT2D eigenvalue weighted by Gasteiger charge is -2.20. The highest BCUT2D eigenvalue weighted by Crippen LogP contribution is 2.38. The van der Waals surface area contributed by atoms with Crippen molar-refractivity contribution >= 4 is 59.1 Å². The zero-order valence-electron chi connectivity index (χ0n) is 12.3. The summed E-state index contributed by atoms with van der Waals surface area (Å²) >= 11 is 12.8. The molecule has 1 aromatic carbocycles. The second kappa shape index (κ2) is 7.73. The zero-order chi connectivity index (χ0) is 15.6. The minimum atomic E-state index is 0.214. The summed E-state index contributed by atoms with van der Waals surface area (Å²) in [7, 11) is 0. The Morgan fingerprint density at radius 2 is 1.76 bits per heavy atom. The number of aryl methyl sites for hydroxylation is 2. The third-order valence-corrected chi connectivity index (χ3v) is 7.09. The number of thiophene rings is 1. The van der Waals surface area contributed by atoms with Crippen LogP contribution in [0.4, 0.5) is 0 Å². The van der Waals surface area contributed by atoms with E-state index in [0.29, 0.717) is 0 Å². The Bertz CT molecular complexity index is 617. The smallest absolute Gasteiger partial charge is 0.0731 e. The van der Waals surface area contributed by atoms with Gasteiger partial charge in [-0.2, -0.15) is 0 Å². The molecule has 1 unspecified atom stereocenters. The van der Waals surface area contributed by atoms with Gasteiger partial charge in [-0.15, -0.1) is 11.3 Å². The molecule has 1 nitrogen and oxygen atoms in total. The Balaban J connectivity index is 2.47. The SMILES string of the molecule is CCCNC(c1cc(C)c(Br)s1)c1cc(Br)c(C)cc1Br. The van der Waals surface area contributed by atoms with Crippen LogP contribution in [-0.4, -0.2) is 6.54 Å². The van der Waals surface area contributed by atoms with Crippen LogP contribution in [0.25, 0.3) is 0 Å². The van der Waals surface area contributed by atoms with Gasteiger partial charge in [-0.05, 0) is 77.6 Å². The van der Waals surface area contributed by atoms with Gasteiger partial charge in [0, 0.05) is 13.8 Å². The van der Waals surface area contributed by atoms with Gasteiger partial charge in [0.25, 0.3) is 0 Å². The van der Waals surface area contributed by atoms with Gasteiger partial charge in [0.15, 0.2) is 0 Å². The zero-order valence-corrected chi connectivity index (χ0v) is 17.8. The summed E-state index contributed by atoms with van der Waals surface area (Å²) in [4.78, 5) is 1.34. The van der Waals surface area contributed by atoms with Crippen molar-refractivity contribution in [1.82, 2.24) is 5.32 Å². The van der Waals surface area contributed by atoms with Crippen molar-refractivity contribution in [2.24, 2.45) is 0 Å². The van der Waals surface area contributed by atoms with Crippen molar-refractivity contribution in [3.63, 3.8) is 0 Å². The molecular weight excluding hydrogens is 478 g/mol. The van der Waals surface area contributed by atoms with Crippen LogP contribution in [0.3, 0.4) is 0 Å². The van der Waals surface area contributed by atoms with Gasteiger partial charge in [0.2, 0.25) is 0 Å². The van der Waals surface area contributed by atoms with E-state index < -0.39 is 0 Å². The highest BCUT2D eigenvalue weighted by atomic mass is 79.9. The molecule has 0 spiro atoms. The summed E-state index contributed by atoms with van der Waals surface area (Å²) in [5.41, 5.74) is 3.80. The number of nitrogens with one attached hydrogen (secondary N) is 1. The highest BCUT2D eigenvalue weighted by molar-refractivity contribution is 9.11.